The molecule has 0 spiro atoms. The average molecular weight is 296 g/mol. The first-order chi connectivity index (χ1) is 8.84. The molecule has 0 unspecified atom stereocenters. The lowest BCUT2D eigenvalue weighted by atomic mass is 10.3. The third-order valence-electron chi connectivity index (χ3n) is 2.57. The maximum Gasteiger partial charge on any atom is 0.135 e. The molecule has 19 heavy (non-hydrogen) atoms. The van der Waals surface area contributed by atoms with Gasteiger partial charge in [-0.3, -0.25) is 0 Å². The number of hydrogen-bond donors (Lipinski definition) is 1. The molecular formula is C13H15ClN3OP. The van der Waals surface area contributed by atoms with Crippen LogP contribution in [0.3, 0.4) is 0 Å². The first-order valence-electron chi connectivity index (χ1n) is 5.78. The van der Waals surface area contributed by atoms with Gasteiger partial charge in [0.2, 0.25) is 0 Å². The zero-order chi connectivity index (χ0) is 14.0. The van der Waals surface area contributed by atoms with E-state index in [0.29, 0.717) is 16.8 Å². The zero-order valence-electron chi connectivity index (χ0n) is 11.0. The van der Waals surface area contributed by atoms with Crippen LogP contribution < -0.4 is 10.6 Å². The van der Waals surface area contributed by atoms with Gasteiger partial charge in [-0.05, 0) is 44.5 Å². The Balaban J connectivity index is 2.22. The van der Waals surface area contributed by atoms with E-state index >= 15 is 0 Å². The van der Waals surface area contributed by atoms with Gasteiger partial charge >= 0.3 is 0 Å². The Morgan fingerprint density at radius 3 is 2.32 bits per heavy atom. The molecule has 0 aliphatic carbocycles. The Morgan fingerprint density at radius 1 is 1.16 bits per heavy atom. The van der Waals surface area contributed by atoms with E-state index in [9.17, 15) is 4.57 Å². The predicted molar refractivity (Wildman–Crippen MR) is 80.6 cm³/mol. The van der Waals surface area contributed by atoms with Crippen molar-refractivity contribution >= 4 is 35.6 Å². The highest BCUT2D eigenvalue weighted by Gasteiger charge is 2.10. The van der Waals surface area contributed by atoms with Crippen LogP contribution in [-0.4, -0.2) is 23.3 Å². The lowest BCUT2D eigenvalue weighted by molar-refractivity contribution is 0.588. The monoisotopic (exact) mass is 295 g/mol. The van der Waals surface area contributed by atoms with Crippen LogP contribution in [0.2, 0.25) is 5.15 Å². The van der Waals surface area contributed by atoms with Gasteiger partial charge in [0, 0.05) is 17.1 Å². The molecule has 4 nitrogen and oxygen atoms in total. The smallest absolute Gasteiger partial charge is 0.135 e. The average Bonchev–Trinajstić information content (AvgIpc) is 2.26. The Labute approximate surface area is 117 Å². The van der Waals surface area contributed by atoms with E-state index in [1.807, 2.05) is 24.3 Å². The number of aromatic nitrogens is 2. The highest BCUT2D eigenvalue weighted by Crippen LogP contribution is 2.34. The molecule has 0 aliphatic rings. The van der Waals surface area contributed by atoms with E-state index in [2.05, 4.69) is 15.3 Å². The van der Waals surface area contributed by atoms with Gasteiger partial charge in [-0.2, -0.15) is 0 Å². The van der Waals surface area contributed by atoms with E-state index in [1.165, 1.54) is 0 Å². The molecule has 0 bridgehead atoms. The van der Waals surface area contributed by atoms with Gasteiger partial charge < -0.3 is 9.88 Å². The summed E-state index contributed by atoms with van der Waals surface area (Å²) >= 11 is 5.87. The second kappa shape index (κ2) is 5.32. The van der Waals surface area contributed by atoms with Crippen molar-refractivity contribution in [3.63, 3.8) is 0 Å². The minimum atomic E-state index is -2.21. The first kappa shape index (κ1) is 14.0. The van der Waals surface area contributed by atoms with Gasteiger partial charge in [0.05, 0.1) is 0 Å². The summed E-state index contributed by atoms with van der Waals surface area (Å²) in [7, 11) is -2.21. The van der Waals surface area contributed by atoms with E-state index < -0.39 is 7.14 Å². The summed E-state index contributed by atoms with van der Waals surface area (Å²) in [5.41, 5.74) is 0.867. The molecule has 0 aliphatic heterocycles. The number of nitrogens with one attached hydrogen (secondary N) is 1. The highest BCUT2D eigenvalue weighted by atomic mass is 35.5. The molecule has 2 aromatic rings. The fourth-order valence-electron chi connectivity index (χ4n) is 1.65. The number of benzene rings is 1. The maximum atomic E-state index is 11.9. The number of nitrogens with zero attached hydrogens (tertiary/aromatic N) is 2. The predicted octanol–water partition coefficient (Wildman–Crippen LogP) is 3.43. The van der Waals surface area contributed by atoms with E-state index in [1.54, 1.807) is 26.3 Å². The summed E-state index contributed by atoms with van der Waals surface area (Å²) in [6, 6.07) is 9.13. The number of aryl methyl sites for hydroxylation is 1. The Kier molecular flexibility index (Phi) is 3.93. The van der Waals surface area contributed by atoms with Crippen LogP contribution in [0.4, 0.5) is 11.5 Å². The van der Waals surface area contributed by atoms with Gasteiger partial charge in [-0.15, -0.1) is 0 Å². The molecule has 0 amide bonds. The molecule has 1 aromatic carbocycles. The first-order valence-corrected chi connectivity index (χ1v) is 8.76. The summed E-state index contributed by atoms with van der Waals surface area (Å²) in [6.07, 6.45) is 0. The number of hydrogen-bond acceptors (Lipinski definition) is 4. The van der Waals surface area contributed by atoms with Crippen LogP contribution >= 0.6 is 18.7 Å². The molecule has 0 radical (unpaired) electrons. The SMILES string of the molecule is Cc1nc(Cl)cc(Nc2ccc(P(C)(C)=O)cc2)n1. The molecule has 6 heteroatoms. The van der Waals surface area contributed by atoms with Crippen LogP contribution in [0.25, 0.3) is 0 Å². The molecule has 0 atom stereocenters. The Hall–Kier alpha value is -1.38. The molecule has 2 rings (SSSR count). The quantitative estimate of drug-likeness (QED) is 0.696. The second-order valence-electron chi connectivity index (χ2n) is 4.65. The largest absolute Gasteiger partial charge is 0.340 e. The number of halogens is 1. The van der Waals surface area contributed by atoms with Crippen LogP contribution in [0.1, 0.15) is 5.82 Å². The minimum Gasteiger partial charge on any atom is -0.340 e. The van der Waals surface area contributed by atoms with Crippen molar-refractivity contribution in [3.05, 3.63) is 41.3 Å². The van der Waals surface area contributed by atoms with Crippen molar-refractivity contribution in [2.24, 2.45) is 0 Å². The van der Waals surface area contributed by atoms with Gasteiger partial charge in [-0.1, -0.05) is 11.6 Å². The molecular weight excluding hydrogens is 281 g/mol. The van der Waals surface area contributed by atoms with Crippen molar-refractivity contribution in [1.82, 2.24) is 9.97 Å². The lowest BCUT2D eigenvalue weighted by Gasteiger charge is -2.09. The van der Waals surface area contributed by atoms with Gasteiger partial charge in [-0.25, -0.2) is 9.97 Å². The fourth-order valence-corrected chi connectivity index (χ4v) is 2.74. The van der Waals surface area contributed by atoms with Crippen LogP contribution in [0.15, 0.2) is 30.3 Å². The van der Waals surface area contributed by atoms with Crippen LogP contribution in [-0.2, 0) is 4.57 Å². The zero-order valence-corrected chi connectivity index (χ0v) is 12.7. The van der Waals surface area contributed by atoms with Crippen molar-refractivity contribution in [3.8, 4) is 0 Å². The van der Waals surface area contributed by atoms with Crippen molar-refractivity contribution in [2.45, 2.75) is 6.92 Å². The van der Waals surface area contributed by atoms with Crippen LogP contribution in [0, 0.1) is 6.92 Å². The number of anilines is 2. The maximum absolute atomic E-state index is 11.9. The molecule has 0 fully saturated rings. The second-order valence-corrected chi connectivity index (χ2v) is 8.25. The van der Waals surface area contributed by atoms with Crippen LogP contribution in [0.5, 0.6) is 0 Å². The Morgan fingerprint density at radius 2 is 1.79 bits per heavy atom. The highest BCUT2D eigenvalue weighted by molar-refractivity contribution is 7.70. The molecule has 0 saturated carbocycles. The third kappa shape index (κ3) is 3.79. The van der Waals surface area contributed by atoms with Gasteiger partial charge in [0.25, 0.3) is 0 Å². The topological polar surface area (TPSA) is 54.9 Å². The standard InChI is InChI=1S/C13H15ClN3OP/c1-9-15-12(14)8-13(16-9)17-10-4-6-11(7-5-10)19(2,3)18/h4-8H,1-3H3,(H,15,16,17). The van der Waals surface area contributed by atoms with E-state index in [4.69, 9.17) is 11.6 Å². The summed E-state index contributed by atoms with van der Waals surface area (Å²) in [5.74, 6) is 1.25. The van der Waals surface area contributed by atoms with E-state index in [-0.39, 0.29) is 0 Å². The summed E-state index contributed by atoms with van der Waals surface area (Å²) < 4.78 is 11.9. The fraction of sp³-hybridized carbons (Fsp3) is 0.231. The van der Waals surface area contributed by atoms with Crippen molar-refractivity contribution in [2.75, 3.05) is 18.6 Å². The molecule has 0 saturated heterocycles. The summed E-state index contributed by atoms with van der Waals surface area (Å²) in [5, 5.41) is 4.40. The third-order valence-corrected chi connectivity index (χ3v) is 4.30. The molecule has 1 aromatic heterocycles. The summed E-state index contributed by atoms with van der Waals surface area (Å²) in [4.78, 5) is 8.24. The minimum absolute atomic E-state index is 0.401. The normalized spacial score (nSPS) is 11.4. The molecule has 100 valence electrons. The Bertz CT molecular complexity index is 617. The van der Waals surface area contributed by atoms with Crippen molar-refractivity contribution < 1.29 is 4.57 Å². The lowest BCUT2D eigenvalue weighted by Crippen LogP contribution is -2.03. The van der Waals surface area contributed by atoms with Gasteiger partial charge in [0.1, 0.15) is 23.9 Å². The summed E-state index contributed by atoms with van der Waals surface area (Å²) in [6.45, 7) is 5.29. The van der Waals surface area contributed by atoms with Crippen molar-refractivity contribution in [1.29, 1.82) is 0 Å². The number of rotatable bonds is 3. The molecule has 1 N–H and O–H groups in total. The molecule has 1 heterocycles. The van der Waals surface area contributed by atoms with E-state index in [0.717, 1.165) is 11.0 Å². The van der Waals surface area contributed by atoms with Gasteiger partial charge in [0.15, 0.2) is 0 Å².